The van der Waals surface area contributed by atoms with E-state index >= 15 is 0 Å². The minimum Gasteiger partial charge on any atom is -0.458 e. The van der Waals surface area contributed by atoms with Crippen LogP contribution in [0.15, 0.2) is 28.7 Å². The molecule has 0 radical (unpaired) electrons. The molecular formula is C16H19BrO3. The van der Waals surface area contributed by atoms with Crippen molar-refractivity contribution in [2.75, 3.05) is 0 Å². The predicted molar refractivity (Wildman–Crippen MR) is 79.4 cm³/mol. The third kappa shape index (κ3) is 2.77. The molecule has 0 spiro atoms. The second kappa shape index (κ2) is 5.86. The Balaban J connectivity index is 1.68. The Morgan fingerprint density at radius 1 is 1.15 bits per heavy atom. The van der Waals surface area contributed by atoms with Crippen molar-refractivity contribution in [3.8, 4) is 0 Å². The van der Waals surface area contributed by atoms with Gasteiger partial charge in [0.25, 0.3) is 0 Å². The Hall–Kier alpha value is -0.870. The molecule has 0 aromatic heterocycles. The highest BCUT2D eigenvalue weighted by Gasteiger charge is 2.42. The topological polar surface area (TPSA) is 46.5 Å². The average molecular weight is 339 g/mol. The molecule has 2 bridgehead atoms. The molecule has 2 aliphatic carbocycles. The van der Waals surface area contributed by atoms with Gasteiger partial charge in [-0.3, -0.25) is 0 Å². The smallest absolute Gasteiger partial charge is 0.338 e. The van der Waals surface area contributed by atoms with Crippen molar-refractivity contribution < 1.29 is 14.6 Å². The van der Waals surface area contributed by atoms with Gasteiger partial charge in [0.05, 0.1) is 11.7 Å². The lowest BCUT2D eigenvalue weighted by Gasteiger charge is -2.43. The van der Waals surface area contributed by atoms with Gasteiger partial charge in [0.15, 0.2) is 0 Å². The van der Waals surface area contributed by atoms with Crippen LogP contribution < -0.4 is 0 Å². The van der Waals surface area contributed by atoms with Gasteiger partial charge in [0.1, 0.15) is 6.10 Å². The molecule has 2 saturated carbocycles. The predicted octanol–water partition coefficient (Wildman–Crippen LogP) is 3.55. The van der Waals surface area contributed by atoms with Crippen molar-refractivity contribution in [3.63, 3.8) is 0 Å². The summed E-state index contributed by atoms with van der Waals surface area (Å²) in [7, 11) is 0. The number of rotatable bonds is 2. The number of esters is 1. The first-order valence-corrected chi connectivity index (χ1v) is 8.09. The summed E-state index contributed by atoms with van der Waals surface area (Å²) in [5, 5.41) is 10.3. The molecule has 20 heavy (non-hydrogen) atoms. The molecular weight excluding hydrogens is 320 g/mol. The third-order valence-electron chi connectivity index (χ3n) is 4.67. The SMILES string of the molecule is O=C(O[C@H]1CC[C@H]2CCC[C@@H]1[C@@H]2O)c1ccc(Br)cc1. The van der Waals surface area contributed by atoms with Crippen LogP contribution in [0.5, 0.6) is 0 Å². The Morgan fingerprint density at radius 2 is 1.90 bits per heavy atom. The first-order chi connectivity index (χ1) is 9.65. The molecule has 108 valence electrons. The molecule has 1 N–H and O–H groups in total. The third-order valence-corrected chi connectivity index (χ3v) is 5.20. The lowest BCUT2D eigenvalue weighted by atomic mass is 9.68. The van der Waals surface area contributed by atoms with Gasteiger partial charge >= 0.3 is 5.97 Å². The molecule has 0 unspecified atom stereocenters. The lowest BCUT2D eigenvalue weighted by molar-refractivity contribution is -0.0889. The fourth-order valence-corrected chi connectivity index (χ4v) is 3.82. The van der Waals surface area contributed by atoms with Crippen LogP contribution in [0.3, 0.4) is 0 Å². The van der Waals surface area contributed by atoms with Crippen LogP contribution in [0.1, 0.15) is 42.5 Å². The second-order valence-corrected chi connectivity index (χ2v) is 6.79. The van der Waals surface area contributed by atoms with Gasteiger partial charge < -0.3 is 9.84 Å². The van der Waals surface area contributed by atoms with Gasteiger partial charge in [-0.25, -0.2) is 4.79 Å². The van der Waals surface area contributed by atoms with Gasteiger partial charge in [-0.05, 0) is 55.9 Å². The monoisotopic (exact) mass is 338 g/mol. The standard InChI is InChI=1S/C16H19BrO3/c17-12-7-4-11(5-8-12)16(19)20-14-9-6-10-2-1-3-13(14)15(10)18/h4-5,7-8,10,13-15,18H,1-3,6,9H2/t10-,13+,14+,15-/m1/s1. The summed E-state index contributed by atoms with van der Waals surface area (Å²) >= 11 is 3.35. The van der Waals surface area contributed by atoms with Crippen LogP contribution in [-0.4, -0.2) is 23.3 Å². The molecule has 3 nitrogen and oxygen atoms in total. The fraction of sp³-hybridized carbons (Fsp3) is 0.562. The Kier molecular flexibility index (Phi) is 4.13. The molecule has 0 heterocycles. The van der Waals surface area contributed by atoms with E-state index in [0.717, 1.165) is 36.6 Å². The summed E-state index contributed by atoms with van der Waals surface area (Å²) in [5.41, 5.74) is 0.570. The summed E-state index contributed by atoms with van der Waals surface area (Å²) in [6, 6.07) is 7.19. The zero-order valence-corrected chi connectivity index (χ0v) is 12.9. The first-order valence-electron chi connectivity index (χ1n) is 7.30. The maximum atomic E-state index is 12.2. The number of halogens is 1. The summed E-state index contributed by atoms with van der Waals surface area (Å²) in [5.74, 6) is 0.261. The first kappa shape index (κ1) is 14.1. The van der Waals surface area contributed by atoms with Gasteiger partial charge in [0.2, 0.25) is 0 Å². The van der Waals surface area contributed by atoms with E-state index in [4.69, 9.17) is 4.74 Å². The maximum Gasteiger partial charge on any atom is 0.338 e. The highest BCUT2D eigenvalue weighted by atomic mass is 79.9. The number of benzene rings is 1. The zero-order valence-electron chi connectivity index (χ0n) is 11.3. The molecule has 0 saturated heterocycles. The van der Waals surface area contributed by atoms with Crippen LogP contribution in [-0.2, 0) is 4.74 Å². The largest absolute Gasteiger partial charge is 0.458 e. The van der Waals surface area contributed by atoms with E-state index in [1.54, 1.807) is 12.1 Å². The van der Waals surface area contributed by atoms with Crippen LogP contribution in [0.4, 0.5) is 0 Å². The maximum absolute atomic E-state index is 12.2. The van der Waals surface area contributed by atoms with Crippen molar-refractivity contribution in [1.82, 2.24) is 0 Å². The van der Waals surface area contributed by atoms with Gasteiger partial charge in [-0.2, -0.15) is 0 Å². The number of aliphatic hydroxyl groups is 1. The van der Waals surface area contributed by atoms with Crippen LogP contribution in [0.2, 0.25) is 0 Å². The fourth-order valence-electron chi connectivity index (χ4n) is 3.56. The van der Waals surface area contributed by atoms with E-state index in [1.807, 2.05) is 12.1 Å². The summed E-state index contributed by atoms with van der Waals surface area (Å²) in [6.45, 7) is 0. The summed E-state index contributed by atoms with van der Waals surface area (Å²) in [4.78, 5) is 12.2. The van der Waals surface area contributed by atoms with Crippen LogP contribution in [0, 0.1) is 11.8 Å². The number of carbonyl (C=O) groups is 1. The molecule has 2 aliphatic rings. The molecule has 4 atom stereocenters. The lowest BCUT2D eigenvalue weighted by Crippen LogP contribution is -2.46. The van der Waals surface area contributed by atoms with E-state index in [1.165, 1.54) is 0 Å². The van der Waals surface area contributed by atoms with Crippen LogP contribution >= 0.6 is 15.9 Å². The number of carbonyl (C=O) groups excluding carboxylic acids is 1. The van der Waals surface area contributed by atoms with Crippen molar-refractivity contribution in [3.05, 3.63) is 34.3 Å². The average Bonchev–Trinajstić information content (AvgIpc) is 2.42. The van der Waals surface area contributed by atoms with Crippen LogP contribution in [0.25, 0.3) is 0 Å². The molecule has 0 amide bonds. The summed E-state index contributed by atoms with van der Waals surface area (Å²) in [6.07, 6.45) is 4.66. The number of hydrogen-bond donors (Lipinski definition) is 1. The van der Waals surface area contributed by atoms with Crippen molar-refractivity contribution in [2.24, 2.45) is 11.8 Å². The quantitative estimate of drug-likeness (QED) is 0.839. The van der Waals surface area contributed by atoms with Gasteiger partial charge in [0, 0.05) is 10.4 Å². The Bertz CT molecular complexity index is 485. The Labute approximate surface area is 127 Å². The number of fused-ring (bicyclic) bond motifs is 2. The van der Waals surface area contributed by atoms with Crippen molar-refractivity contribution in [2.45, 2.75) is 44.3 Å². The summed E-state index contributed by atoms with van der Waals surface area (Å²) < 4.78 is 6.60. The molecule has 3 rings (SSSR count). The normalized spacial score (nSPS) is 32.7. The number of ether oxygens (including phenoxy) is 1. The highest BCUT2D eigenvalue weighted by Crippen LogP contribution is 2.41. The molecule has 1 aromatic carbocycles. The van der Waals surface area contributed by atoms with Gasteiger partial charge in [-0.1, -0.05) is 22.4 Å². The van der Waals surface area contributed by atoms with E-state index in [2.05, 4.69) is 15.9 Å². The van der Waals surface area contributed by atoms with Crippen molar-refractivity contribution in [1.29, 1.82) is 0 Å². The second-order valence-electron chi connectivity index (χ2n) is 5.87. The number of aliphatic hydroxyl groups excluding tert-OH is 1. The van der Waals surface area contributed by atoms with Gasteiger partial charge in [-0.15, -0.1) is 0 Å². The molecule has 1 aromatic rings. The minimum atomic E-state index is -0.291. The minimum absolute atomic E-state index is 0.127. The molecule has 4 heteroatoms. The van der Waals surface area contributed by atoms with E-state index in [-0.39, 0.29) is 24.1 Å². The highest BCUT2D eigenvalue weighted by molar-refractivity contribution is 9.10. The number of hydrogen-bond acceptors (Lipinski definition) is 3. The van der Waals surface area contributed by atoms with E-state index in [9.17, 15) is 9.90 Å². The van der Waals surface area contributed by atoms with Crippen molar-refractivity contribution >= 4 is 21.9 Å². The van der Waals surface area contributed by atoms with E-state index in [0.29, 0.717) is 11.5 Å². The molecule has 0 aliphatic heterocycles. The molecule has 2 fully saturated rings. The zero-order chi connectivity index (χ0) is 14.1. The Morgan fingerprint density at radius 3 is 2.65 bits per heavy atom. The van der Waals surface area contributed by atoms with E-state index < -0.39 is 0 Å².